The molecule has 4 nitrogen and oxygen atoms in total. The normalized spacial score (nSPS) is 10.6. The van der Waals surface area contributed by atoms with Crippen LogP contribution >= 0.6 is 34.8 Å². The van der Waals surface area contributed by atoms with Gasteiger partial charge in [0.1, 0.15) is 11.5 Å². The molecule has 29 heavy (non-hydrogen) atoms. The quantitative estimate of drug-likeness (QED) is 0.298. The molecule has 0 atom stereocenters. The summed E-state index contributed by atoms with van der Waals surface area (Å²) in [5.41, 5.74) is 2.77. The number of fused-ring (bicyclic) bond motifs is 3. The monoisotopic (exact) mass is 440 g/mol. The van der Waals surface area contributed by atoms with Crippen molar-refractivity contribution in [1.29, 1.82) is 0 Å². The average molecular weight is 442 g/mol. The number of hydrogen-bond acceptors (Lipinski definition) is 3. The van der Waals surface area contributed by atoms with Gasteiger partial charge in [-0.1, -0.05) is 40.9 Å². The number of hydrogen-bond donors (Lipinski definition) is 2. The summed E-state index contributed by atoms with van der Waals surface area (Å²) >= 11 is 17.7. The zero-order chi connectivity index (χ0) is 20.2. The Morgan fingerprint density at radius 2 is 1.52 bits per heavy atom. The third-order valence-electron chi connectivity index (χ3n) is 4.19. The van der Waals surface area contributed by atoms with Crippen molar-refractivity contribution in [3.8, 4) is 0 Å². The van der Waals surface area contributed by atoms with E-state index in [9.17, 15) is 0 Å². The Balaban J connectivity index is 0.000000141. The molecule has 0 unspecified atom stereocenters. The number of anilines is 2. The Bertz CT molecular complexity index is 1270. The van der Waals surface area contributed by atoms with Gasteiger partial charge < -0.3 is 10.3 Å². The molecule has 0 radical (unpaired) electrons. The fourth-order valence-corrected chi connectivity index (χ4v) is 3.49. The number of H-pyrrole nitrogens is 1. The number of aromatic amines is 1. The van der Waals surface area contributed by atoms with E-state index in [0.29, 0.717) is 10.0 Å². The first-order valence-corrected chi connectivity index (χ1v) is 9.88. The summed E-state index contributed by atoms with van der Waals surface area (Å²) in [4.78, 5) is 11.6. The fourth-order valence-electron chi connectivity index (χ4n) is 2.86. The number of halogens is 3. The smallest absolute Gasteiger partial charge is 0.138 e. The molecule has 2 N–H and O–H groups in total. The largest absolute Gasteiger partial charge is 0.339 e. The molecule has 5 rings (SSSR count). The van der Waals surface area contributed by atoms with E-state index in [1.807, 2.05) is 54.6 Å². The first kappa shape index (κ1) is 19.5. The van der Waals surface area contributed by atoms with Gasteiger partial charge in [0.05, 0.1) is 10.7 Å². The molecule has 0 amide bonds. The molecule has 0 aliphatic carbocycles. The van der Waals surface area contributed by atoms with Crippen molar-refractivity contribution < 1.29 is 0 Å². The zero-order valence-electron chi connectivity index (χ0n) is 15.0. The molecule has 0 aliphatic rings. The van der Waals surface area contributed by atoms with Crippen LogP contribution in [0.5, 0.6) is 0 Å². The number of rotatable bonds is 2. The van der Waals surface area contributed by atoms with Crippen LogP contribution in [0.3, 0.4) is 0 Å². The van der Waals surface area contributed by atoms with Crippen LogP contribution in [0.1, 0.15) is 0 Å². The number of aromatic nitrogens is 3. The summed E-state index contributed by atoms with van der Waals surface area (Å²) in [7, 11) is 0. The summed E-state index contributed by atoms with van der Waals surface area (Å²) in [6.07, 6.45) is 3.49. The Kier molecular flexibility index (Phi) is 5.86. The molecule has 0 saturated carbocycles. The molecule has 144 valence electrons. The average Bonchev–Trinajstić information content (AvgIpc) is 3.09. The van der Waals surface area contributed by atoms with Gasteiger partial charge in [-0.25, -0.2) is 9.97 Å². The van der Waals surface area contributed by atoms with Gasteiger partial charge in [0.15, 0.2) is 0 Å². The third-order valence-corrected chi connectivity index (χ3v) is 4.97. The number of nitrogens with one attached hydrogen (secondary N) is 2. The highest BCUT2D eigenvalue weighted by molar-refractivity contribution is 6.36. The highest BCUT2D eigenvalue weighted by Crippen LogP contribution is 2.27. The molecule has 5 aromatic rings. The van der Waals surface area contributed by atoms with E-state index in [1.165, 1.54) is 0 Å². The summed E-state index contributed by atoms with van der Waals surface area (Å²) < 4.78 is 0. The van der Waals surface area contributed by atoms with E-state index in [0.717, 1.165) is 38.5 Å². The van der Waals surface area contributed by atoms with Crippen LogP contribution in [0.2, 0.25) is 15.1 Å². The van der Waals surface area contributed by atoms with E-state index in [2.05, 4.69) is 20.3 Å². The summed E-state index contributed by atoms with van der Waals surface area (Å²) in [5, 5.41) is 7.29. The molecular weight excluding hydrogens is 427 g/mol. The molecule has 7 heteroatoms. The molecule has 0 fully saturated rings. The fraction of sp³-hybridized carbons (Fsp3) is 0. The lowest BCUT2D eigenvalue weighted by atomic mass is 10.2. The molecular formula is C22H15Cl3N4. The van der Waals surface area contributed by atoms with Gasteiger partial charge in [-0.3, -0.25) is 0 Å². The van der Waals surface area contributed by atoms with E-state index < -0.39 is 0 Å². The number of benzene rings is 2. The predicted molar refractivity (Wildman–Crippen MR) is 123 cm³/mol. The summed E-state index contributed by atoms with van der Waals surface area (Å²) in [5.74, 6) is 0.752. The Morgan fingerprint density at radius 3 is 2.31 bits per heavy atom. The molecule has 2 aromatic carbocycles. The van der Waals surface area contributed by atoms with Crippen molar-refractivity contribution in [1.82, 2.24) is 15.0 Å². The van der Waals surface area contributed by atoms with Crippen molar-refractivity contribution >= 4 is 68.2 Å². The maximum absolute atomic E-state index is 6.00. The minimum Gasteiger partial charge on any atom is -0.339 e. The van der Waals surface area contributed by atoms with E-state index in [1.54, 1.807) is 24.5 Å². The van der Waals surface area contributed by atoms with Crippen LogP contribution in [0, 0.1) is 0 Å². The second-order valence-electron chi connectivity index (χ2n) is 6.18. The molecule has 0 bridgehead atoms. The van der Waals surface area contributed by atoms with Gasteiger partial charge in [0.25, 0.3) is 0 Å². The van der Waals surface area contributed by atoms with Gasteiger partial charge >= 0.3 is 0 Å². The van der Waals surface area contributed by atoms with Crippen LogP contribution in [0.15, 0.2) is 79.1 Å². The standard InChI is InChI=1S/C11H8Cl2N2.C11H7ClN2/c12-8-4-5-10(9(13)7-8)15-11-3-1-2-6-14-11;12-7-3-4-10-9(6-7)8-2-1-5-13-11(8)14-10/h1-7H,(H,14,15);1-6H,(H,13,14). The molecule has 0 aliphatic heterocycles. The van der Waals surface area contributed by atoms with E-state index in [4.69, 9.17) is 34.8 Å². The zero-order valence-corrected chi connectivity index (χ0v) is 17.3. The Morgan fingerprint density at radius 1 is 0.724 bits per heavy atom. The van der Waals surface area contributed by atoms with Crippen LogP contribution in [-0.4, -0.2) is 15.0 Å². The number of nitrogens with zero attached hydrogens (tertiary/aromatic N) is 2. The number of pyridine rings is 2. The second-order valence-corrected chi connectivity index (χ2v) is 7.46. The minimum atomic E-state index is 0.577. The van der Waals surface area contributed by atoms with Gasteiger partial charge in [-0.05, 0) is 60.7 Å². The molecule has 0 spiro atoms. The maximum atomic E-state index is 6.00. The van der Waals surface area contributed by atoms with E-state index >= 15 is 0 Å². The highest BCUT2D eigenvalue weighted by atomic mass is 35.5. The maximum Gasteiger partial charge on any atom is 0.138 e. The predicted octanol–water partition coefficient (Wildman–Crippen LogP) is 7.50. The van der Waals surface area contributed by atoms with Crippen molar-refractivity contribution in [2.75, 3.05) is 5.32 Å². The van der Waals surface area contributed by atoms with Gasteiger partial charge in [0.2, 0.25) is 0 Å². The van der Waals surface area contributed by atoms with Gasteiger partial charge in [-0.2, -0.15) is 0 Å². The third kappa shape index (κ3) is 4.62. The minimum absolute atomic E-state index is 0.577. The lowest BCUT2D eigenvalue weighted by molar-refractivity contribution is 1.31. The molecule has 3 aromatic heterocycles. The topological polar surface area (TPSA) is 53.6 Å². The summed E-state index contributed by atoms with van der Waals surface area (Å²) in [6.45, 7) is 0. The first-order chi connectivity index (χ1) is 14.1. The SMILES string of the molecule is Clc1ccc(Nc2ccccn2)c(Cl)c1.Clc1ccc2[nH]c3ncccc3c2c1. The van der Waals surface area contributed by atoms with Crippen molar-refractivity contribution in [3.05, 3.63) is 94.2 Å². The first-order valence-electron chi connectivity index (χ1n) is 8.75. The Labute approximate surface area is 182 Å². The molecule has 0 saturated heterocycles. The lowest BCUT2D eigenvalue weighted by Gasteiger charge is -2.07. The van der Waals surface area contributed by atoms with Crippen molar-refractivity contribution in [2.24, 2.45) is 0 Å². The highest BCUT2D eigenvalue weighted by Gasteiger charge is 2.04. The van der Waals surface area contributed by atoms with Crippen LogP contribution in [0.25, 0.3) is 21.9 Å². The van der Waals surface area contributed by atoms with Crippen LogP contribution < -0.4 is 5.32 Å². The van der Waals surface area contributed by atoms with Gasteiger partial charge in [0, 0.05) is 38.7 Å². The van der Waals surface area contributed by atoms with Crippen molar-refractivity contribution in [3.63, 3.8) is 0 Å². The Hall–Kier alpha value is -2.79. The second kappa shape index (κ2) is 8.70. The van der Waals surface area contributed by atoms with Gasteiger partial charge in [-0.15, -0.1) is 0 Å². The molecule has 3 heterocycles. The van der Waals surface area contributed by atoms with E-state index in [-0.39, 0.29) is 0 Å². The summed E-state index contributed by atoms with van der Waals surface area (Å²) in [6, 6.07) is 20.7. The van der Waals surface area contributed by atoms with Crippen LogP contribution in [0.4, 0.5) is 11.5 Å². The van der Waals surface area contributed by atoms with Crippen LogP contribution in [-0.2, 0) is 0 Å². The van der Waals surface area contributed by atoms with Crippen molar-refractivity contribution in [2.45, 2.75) is 0 Å². The lowest BCUT2D eigenvalue weighted by Crippen LogP contribution is -1.92.